The number of hydrogen-bond donors (Lipinski definition) is 4. The van der Waals surface area contributed by atoms with E-state index in [0.29, 0.717) is 0 Å². The van der Waals surface area contributed by atoms with E-state index in [1.165, 1.54) is 12.1 Å². The Kier molecular flexibility index (Phi) is 4.90. The van der Waals surface area contributed by atoms with Crippen molar-refractivity contribution in [2.75, 3.05) is 12.4 Å². The van der Waals surface area contributed by atoms with Crippen molar-refractivity contribution in [2.24, 2.45) is 22.7 Å². The number of hydrogen-bond acceptors (Lipinski definition) is 8. The van der Waals surface area contributed by atoms with Gasteiger partial charge in [0.05, 0.1) is 24.9 Å². The molecule has 3 aliphatic carbocycles. The summed E-state index contributed by atoms with van der Waals surface area (Å²) >= 11 is 0. The zero-order valence-electron chi connectivity index (χ0n) is 19.3. The van der Waals surface area contributed by atoms with Crippen LogP contribution in [0, 0.1) is 22.7 Å². The lowest BCUT2D eigenvalue weighted by Gasteiger charge is -2.57. The van der Waals surface area contributed by atoms with Gasteiger partial charge in [0.25, 0.3) is 0 Å². The number of nitrogens with one attached hydrogen (secondary N) is 1. The molecule has 9 nitrogen and oxygen atoms in total. The molecule has 9 heteroatoms. The summed E-state index contributed by atoms with van der Waals surface area (Å²) in [7, 11) is 1.15. The number of ether oxygens (including phenoxy) is 2. The second-order valence-corrected chi connectivity index (χ2v) is 10.5. The van der Waals surface area contributed by atoms with Crippen molar-refractivity contribution in [3.63, 3.8) is 0 Å². The average Bonchev–Trinajstić information content (AvgIpc) is 3.14. The van der Waals surface area contributed by atoms with E-state index >= 15 is 0 Å². The van der Waals surface area contributed by atoms with E-state index in [-0.39, 0.29) is 47.8 Å². The Morgan fingerprint density at radius 3 is 2.68 bits per heavy atom. The van der Waals surface area contributed by atoms with Gasteiger partial charge in [-0.05, 0) is 50.3 Å². The van der Waals surface area contributed by atoms with Crippen LogP contribution < -0.4 is 5.32 Å². The first-order chi connectivity index (χ1) is 16.0. The number of rotatable bonds is 5. The fourth-order valence-electron chi connectivity index (χ4n) is 7.15. The number of aliphatic hydroxyl groups is 1. The summed E-state index contributed by atoms with van der Waals surface area (Å²) in [6.07, 6.45) is 4.18. The highest BCUT2D eigenvalue weighted by Gasteiger charge is 2.76. The highest BCUT2D eigenvalue weighted by molar-refractivity contribution is 6.01. The molecule has 1 unspecified atom stereocenters. The molecule has 4 fully saturated rings. The number of allylic oxidation sites excluding steroid dienone is 1. The number of phenolic OH excluding ortho intramolecular Hbond substituents is 2. The number of phenols is 2. The van der Waals surface area contributed by atoms with E-state index in [1.807, 2.05) is 19.9 Å². The largest absolute Gasteiger partial charge is 0.506 e. The number of carbonyl (C=O) groups is 3. The molecule has 1 spiro atoms. The molecule has 4 bridgehead atoms. The smallest absolute Gasteiger partial charge is 0.341 e. The summed E-state index contributed by atoms with van der Waals surface area (Å²) in [6, 6.07) is 2.36. The minimum atomic E-state index is -0.924. The number of methoxy groups -OCH3 is 1. The van der Waals surface area contributed by atoms with Crippen LogP contribution in [0.15, 0.2) is 24.3 Å². The van der Waals surface area contributed by atoms with Crippen molar-refractivity contribution in [3.8, 4) is 11.5 Å². The lowest BCUT2D eigenvalue weighted by molar-refractivity contribution is -0.219. The first-order valence-corrected chi connectivity index (χ1v) is 11.5. The van der Waals surface area contributed by atoms with Gasteiger partial charge in [-0.3, -0.25) is 9.59 Å². The predicted octanol–water partition coefficient (Wildman–Crippen LogP) is 2.29. The summed E-state index contributed by atoms with van der Waals surface area (Å²) in [5.41, 5.74) is -2.58. The molecule has 1 amide bonds. The van der Waals surface area contributed by atoms with Crippen molar-refractivity contribution in [1.82, 2.24) is 0 Å². The second kappa shape index (κ2) is 7.29. The fraction of sp³-hybridized carbons (Fsp3) is 0.560. The Hall–Kier alpha value is -2.91. The van der Waals surface area contributed by atoms with Gasteiger partial charge < -0.3 is 30.1 Å². The van der Waals surface area contributed by atoms with E-state index in [2.05, 4.69) is 10.1 Å². The number of benzene rings is 1. The van der Waals surface area contributed by atoms with Crippen molar-refractivity contribution >= 4 is 23.3 Å². The maximum absolute atomic E-state index is 13.1. The fourth-order valence-corrected chi connectivity index (χ4v) is 7.15. The van der Waals surface area contributed by atoms with Gasteiger partial charge in [-0.25, -0.2) is 4.79 Å². The Labute approximate surface area is 196 Å². The maximum atomic E-state index is 13.1. The molecule has 0 aromatic heterocycles. The zero-order chi connectivity index (χ0) is 24.6. The Bertz CT molecular complexity index is 1130. The van der Waals surface area contributed by atoms with Crippen LogP contribution in [0.2, 0.25) is 0 Å². The SMILES string of the molecule is COC(=O)c1ccc(O)c(NC(=O)CC[C@]2(C)C(=O)C=C[C@]34CC5C[C@H](O[C@@]5(C)[C@@H]3O)[C@H]42)c1O. The van der Waals surface area contributed by atoms with Crippen molar-refractivity contribution in [1.29, 1.82) is 0 Å². The molecule has 1 aromatic carbocycles. The molecule has 7 atom stereocenters. The van der Waals surface area contributed by atoms with E-state index in [0.717, 1.165) is 20.0 Å². The average molecular weight is 472 g/mol. The molecule has 2 aliphatic heterocycles. The number of esters is 1. The maximum Gasteiger partial charge on any atom is 0.341 e. The summed E-state index contributed by atoms with van der Waals surface area (Å²) in [6.45, 7) is 3.78. The number of carbonyl (C=O) groups excluding carboxylic acids is 3. The zero-order valence-corrected chi connectivity index (χ0v) is 19.3. The summed E-state index contributed by atoms with van der Waals surface area (Å²) in [4.78, 5) is 37.8. The van der Waals surface area contributed by atoms with Crippen LogP contribution in [0.1, 0.15) is 49.9 Å². The van der Waals surface area contributed by atoms with Crippen LogP contribution in [0.4, 0.5) is 5.69 Å². The van der Waals surface area contributed by atoms with Gasteiger partial charge in [0.1, 0.15) is 17.0 Å². The minimum Gasteiger partial charge on any atom is -0.506 e. The number of amides is 1. The third kappa shape index (κ3) is 2.83. The van der Waals surface area contributed by atoms with Crippen LogP contribution in [0.5, 0.6) is 11.5 Å². The molecule has 2 heterocycles. The van der Waals surface area contributed by atoms with E-state index < -0.39 is 45.9 Å². The monoisotopic (exact) mass is 471 g/mol. The lowest BCUT2D eigenvalue weighted by Crippen LogP contribution is -2.62. The van der Waals surface area contributed by atoms with Gasteiger partial charge in [0.15, 0.2) is 11.5 Å². The molecule has 2 saturated heterocycles. The quantitative estimate of drug-likeness (QED) is 0.378. The van der Waals surface area contributed by atoms with Gasteiger partial charge in [-0.15, -0.1) is 0 Å². The van der Waals surface area contributed by atoms with Crippen LogP contribution in [-0.2, 0) is 19.1 Å². The molecule has 0 radical (unpaired) electrons. The molecule has 1 aromatic rings. The summed E-state index contributed by atoms with van der Waals surface area (Å²) in [5, 5.41) is 34.2. The van der Waals surface area contributed by atoms with E-state index in [4.69, 9.17) is 4.74 Å². The Balaban J connectivity index is 1.37. The minimum absolute atomic E-state index is 0.0759. The van der Waals surface area contributed by atoms with Crippen LogP contribution in [0.25, 0.3) is 0 Å². The first-order valence-electron chi connectivity index (χ1n) is 11.5. The number of ketones is 1. The lowest BCUT2D eigenvalue weighted by atomic mass is 9.50. The van der Waals surface area contributed by atoms with E-state index in [1.54, 1.807) is 6.08 Å². The van der Waals surface area contributed by atoms with Gasteiger partial charge in [-0.2, -0.15) is 0 Å². The standard InChI is InChI=1S/C25H29NO8/c1-23(8-7-17(29)26-18-14(27)5-4-13(19(18)30)21(31)33-3)16(28)6-9-25-11-12-10-15(20(23)25)34-24(12,2)22(25)32/h4-6,9,12,15,20,22,27,30,32H,7-8,10-11H2,1-3H3,(H,26,29)/t12?,15-,20-,22-,23+,24+,25+/m0/s1. The van der Waals surface area contributed by atoms with Crippen molar-refractivity contribution < 1.29 is 39.2 Å². The molecule has 34 heavy (non-hydrogen) atoms. The molecule has 2 saturated carbocycles. The topological polar surface area (TPSA) is 142 Å². The van der Waals surface area contributed by atoms with Crippen LogP contribution in [-0.4, -0.2) is 57.9 Å². The van der Waals surface area contributed by atoms with Crippen LogP contribution >= 0.6 is 0 Å². The molecule has 182 valence electrons. The van der Waals surface area contributed by atoms with Crippen molar-refractivity contribution in [3.05, 3.63) is 29.8 Å². The molecule has 5 aliphatic rings. The highest BCUT2D eigenvalue weighted by Crippen LogP contribution is 2.71. The first kappa shape index (κ1) is 22.9. The second-order valence-electron chi connectivity index (χ2n) is 10.5. The molecule has 6 rings (SSSR count). The number of aliphatic hydroxyl groups excluding tert-OH is 1. The van der Waals surface area contributed by atoms with Crippen molar-refractivity contribution in [2.45, 2.75) is 57.3 Å². The highest BCUT2D eigenvalue weighted by atomic mass is 16.5. The number of anilines is 1. The van der Waals surface area contributed by atoms with Gasteiger partial charge in [0, 0.05) is 23.2 Å². The van der Waals surface area contributed by atoms with E-state index in [9.17, 15) is 29.7 Å². The Morgan fingerprint density at radius 2 is 2.00 bits per heavy atom. The third-order valence-electron chi connectivity index (χ3n) is 8.83. The predicted molar refractivity (Wildman–Crippen MR) is 119 cm³/mol. The Morgan fingerprint density at radius 1 is 1.26 bits per heavy atom. The molecule has 4 N–H and O–H groups in total. The number of aromatic hydroxyl groups is 2. The normalized spacial score (nSPS) is 39.2. The van der Waals surface area contributed by atoms with Gasteiger partial charge >= 0.3 is 5.97 Å². The molecular weight excluding hydrogens is 442 g/mol. The third-order valence-corrected chi connectivity index (χ3v) is 8.83. The van der Waals surface area contributed by atoms with Gasteiger partial charge in [-0.1, -0.05) is 13.0 Å². The van der Waals surface area contributed by atoms with Crippen LogP contribution in [0.3, 0.4) is 0 Å². The summed E-state index contributed by atoms with van der Waals surface area (Å²) in [5.74, 6) is -2.48. The molecular formula is C25H29NO8. The summed E-state index contributed by atoms with van der Waals surface area (Å²) < 4.78 is 10.9. The van der Waals surface area contributed by atoms with Gasteiger partial charge in [0.2, 0.25) is 5.91 Å².